The molecule has 0 aromatic carbocycles. The van der Waals surface area contributed by atoms with E-state index in [2.05, 4.69) is 50.9 Å². The van der Waals surface area contributed by atoms with Crippen molar-refractivity contribution in [2.24, 2.45) is 0 Å². The van der Waals surface area contributed by atoms with Gasteiger partial charge in [-0.2, -0.15) is 0 Å². The van der Waals surface area contributed by atoms with Gasteiger partial charge in [-0.3, -0.25) is 0 Å². The third-order valence-electron chi connectivity index (χ3n) is 2.00. The van der Waals surface area contributed by atoms with Crippen molar-refractivity contribution in [2.45, 2.75) is 26.7 Å². The molecule has 1 aliphatic rings. The van der Waals surface area contributed by atoms with Crippen molar-refractivity contribution in [3.05, 3.63) is 32.3 Å². The summed E-state index contributed by atoms with van der Waals surface area (Å²) in [5.41, 5.74) is 2.68. The van der Waals surface area contributed by atoms with Crippen molar-refractivity contribution in [3.8, 4) is 0 Å². The van der Waals surface area contributed by atoms with Gasteiger partial charge >= 0.3 is 0 Å². The normalized spacial score (nSPS) is 19.7. The van der Waals surface area contributed by atoms with Crippen LogP contribution in [-0.2, 0) is 0 Å². The largest absolute Gasteiger partial charge is 0.0870 e. The quantitative estimate of drug-likeness (QED) is 0.658. The van der Waals surface area contributed by atoms with E-state index in [-0.39, 0.29) is 0 Å². The molecular weight excluding hydrogens is 280 g/mol. The molecule has 0 saturated carbocycles. The highest BCUT2D eigenvalue weighted by Crippen LogP contribution is 2.36. The zero-order chi connectivity index (χ0) is 9.14. The van der Waals surface area contributed by atoms with Crippen LogP contribution in [0, 0.1) is 0 Å². The highest BCUT2D eigenvalue weighted by molar-refractivity contribution is 9.12. The maximum absolute atomic E-state index is 3.60. The molecule has 0 saturated heterocycles. The van der Waals surface area contributed by atoms with Crippen LogP contribution in [0.1, 0.15) is 26.7 Å². The summed E-state index contributed by atoms with van der Waals surface area (Å²) in [6.45, 7) is 4.20. The molecule has 0 aromatic rings. The lowest BCUT2D eigenvalue weighted by Gasteiger charge is -2.16. The molecule has 0 fully saturated rings. The average molecular weight is 292 g/mol. The summed E-state index contributed by atoms with van der Waals surface area (Å²) < 4.78 is 2.65. The molecule has 0 radical (unpaired) electrons. The van der Waals surface area contributed by atoms with Gasteiger partial charge < -0.3 is 0 Å². The average Bonchev–Trinajstić information content (AvgIpc) is 2.06. The van der Waals surface area contributed by atoms with Gasteiger partial charge in [-0.15, -0.1) is 0 Å². The molecule has 0 amide bonds. The molecule has 0 bridgehead atoms. The fraction of sp³-hybridized carbons (Fsp3) is 0.400. The predicted octanol–water partition coefficient (Wildman–Crippen LogP) is 4.67. The Kier molecular flexibility index (Phi) is 3.78. The van der Waals surface area contributed by atoms with Gasteiger partial charge in [0.25, 0.3) is 0 Å². The van der Waals surface area contributed by atoms with Crippen molar-refractivity contribution in [3.63, 3.8) is 0 Å². The second-order valence-corrected chi connectivity index (χ2v) is 4.76. The maximum atomic E-state index is 3.60. The van der Waals surface area contributed by atoms with Gasteiger partial charge in [0.05, 0.1) is 0 Å². The second kappa shape index (κ2) is 4.43. The molecule has 0 unspecified atom stereocenters. The lowest BCUT2D eigenvalue weighted by molar-refractivity contribution is 0.978. The third-order valence-corrected chi connectivity index (χ3v) is 3.82. The van der Waals surface area contributed by atoms with Crippen LogP contribution in [0.15, 0.2) is 32.3 Å². The summed E-state index contributed by atoms with van der Waals surface area (Å²) in [6.07, 6.45) is 6.45. The second-order valence-electron chi connectivity index (χ2n) is 2.85. The van der Waals surface area contributed by atoms with E-state index in [4.69, 9.17) is 0 Å². The molecule has 0 heterocycles. The lowest BCUT2D eigenvalue weighted by atomic mass is 9.99. The Morgan fingerprint density at radius 1 is 1.17 bits per heavy atom. The van der Waals surface area contributed by atoms with Crippen LogP contribution in [0.25, 0.3) is 0 Å². The summed E-state index contributed by atoms with van der Waals surface area (Å²) in [5, 5.41) is 0. The molecule has 0 atom stereocenters. The minimum absolute atomic E-state index is 1.11. The summed E-state index contributed by atoms with van der Waals surface area (Å²) in [6, 6.07) is 0. The fourth-order valence-corrected chi connectivity index (χ4v) is 2.31. The molecule has 1 aliphatic carbocycles. The van der Waals surface area contributed by atoms with Crippen molar-refractivity contribution in [1.29, 1.82) is 0 Å². The van der Waals surface area contributed by atoms with Crippen LogP contribution >= 0.6 is 31.9 Å². The first-order valence-corrected chi connectivity index (χ1v) is 5.62. The molecule has 0 aliphatic heterocycles. The van der Waals surface area contributed by atoms with E-state index < -0.39 is 0 Å². The molecule has 2 heteroatoms. The Morgan fingerprint density at radius 2 is 1.75 bits per heavy atom. The molecular formula is C10H12Br2. The highest BCUT2D eigenvalue weighted by Gasteiger charge is 2.13. The van der Waals surface area contributed by atoms with E-state index >= 15 is 0 Å². The van der Waals surface area contributed by atoms with Gasteiger partial charge in [-0.1, -0.05) is 44.0 Å². The van der Waals surface area contributed by atoms with E-state index in [1.54, 1.807) is 0 Å². The standard InChI is InChI=1S/C10H12Br2/c1-3-4-8-7(2)9(11)5-6-10(8)12/h3-4H,5-6H2,1-2H3/b4-3-. The molecule has 66 valence electrons. The van der Waals surface area contributed by atoms with Crippen LogP contribution in [0.4, 0.5) is 0 Å². The smallest absolute Gasteiger partial charge is 0.00293 e. The zero-order valence-corrected chi connectivity index (χ0v) is 10.5. The Labute approximate surface area is 90.7 Å². The van der Waals surface area contributed by atoms with Crippen LogP contribution in [-0.4, -0.2) is 0 Å². The van der Waals surface area contributed by atoms with Gasteiger partial charge in [0.15, 0.2) is 0 Å². The summed E-state index contributed by atoms with van der Waals surface area (Å²) in [5.74, 6) is 0. The number of hydrogen-bond donors (Lipinski definition) is 0. The number of allylic oxidation sites excluding steroid dienone is 6. The topological polar surface area (TPSA) is 0 Å². The predicted molar refractivity (Wildman–Crippen MR) is 61.6 cm³/mol. The van der Waals surface area contributed by atoms with Gasteiger partial charge in [-0.05, 0) is 42.3 Å². The number of halogens is 2. The van der Waals surface area contributed by atoms with Crippen LogP contribution in [0.2, 0.25) is 0 Å². The first-order chi connectivity index (χ1) is 5.66. The molecule has 12 heavy (non-hydrogen) atoms. The van der Waals surface area contributed by atoms with E-state index in [1.165, 1.54) is 20.1 Å². The van der Waals surface area contributed by atoms with Gasteiger partial charge in [0.1, 0.15) is 0 Å². The minimum atomic E-state index is 1.11. The first-order valence-electron chi connectivity index (χ1n) is 4.03. The minimum Gasteiger partial charge on any atom is -0.0870 e. The molecule has 1 rings (SSSR count). The van der Waals surface area contributed by atoms with Crippen molar-refractivity contribution in [2.75, 3.05) is 0 Å². The molecule has 0 spiro atoms. The molecule has 0 nitrogen and oxygen atoms in total. The van der Waals surface area contributed by atoms with Crippen LogP contribution in [0.5, 0.6) is 0 Å². The Morgan fingerprint density at radius 3 is 2.33 bits per heavy atom. The first kappa shape index (κ1) is 10.3. The van der Waals surface area contributed by atoms with Crippen LogP contribution in [0.3, 0.4) is 0 Å². The summed E-state index contributed by atoms with van der Waals surface area (Å²) in [4.78, 5) is 0. The summed E-state index contributed by atoms with van der Waals surface area (Å²) >= 11 is 7.18. The number of rotatable bonds is 1. The van der Waals surface area contributed by atoms with E-state index in [0.717, 1.165) is 12.8 Å². The van der Waals surface area contributed by atoms with E-state index in [0.29, 0.717) is 0 Å². The third kappa shape index (κ3) is 2.11. The zero-order valence-electron chi connectivity index (χ0n) is 7.32. The Balaban J connectivity index is 3.07. The van der Waals surface area contributed by atoms with Crippen molar-refractivity contribution in [1.82, 2.24) is 0 Å². The van der Waals surface area contributed by atoms with E-state index in [9.17, 15) is 0 Å². The summed E-state index contributed by atoms with van der Waals surface area (Å²) in [7, 11) is 0. The van der Waals surface area contributed by atoms with E-state index in [1.807, 2.05) is 6.92 Å². The van der Waals surface area contributed by atoms with Gasteiger partial charge in [0.2, 0.25) is 0 Å². The Hall–Kier alpha value is 0.180. The maximum Gasteiger partial charge on any atom is 0.00293 e. The van der Waals surface area contributed by atoms with Crippen molar-refractivity contribution < 1.29 is 0 Å². The van der Waals surface area contributed by atoms with Gasteiger partial charge in [0, 0.05) is 4.48 Å². The van der Waals surface area contributed by atoms with Crippen LogP contribution < -0.4 is 0 Å². The number of hydrogen-bond acceptors (Lipinski definition) is 0. The van der Waals surface area contributed by atoms with Gasteiger partial charge in [-0.25, -0.2) is 0 Å². The SMILES string of the molecule is C/C=C\C1=C(Br)CCC(Br)=C1C. The fourth-order valence-electron chi connectivity index (χ4n) is 1.27. The molecule has 0 N–H and O–H groups in total. The lowest BCUT2D eigenvalue weighted by Crippen LogP contribution is -1.95. The highest BCUT2D eigenvalue weighted by atomic mass is 79.9. The Bertz CT molecular complexity index is 270. The molecule has 0 aromatic heterocycles. The van der Waals surface area contributed by atoms with Crippen molar-refractivity contribution >= 4 is 31.9 Å². The monoisotopic (exact) mass is 290 g/mol.